The Hall–Kier alpha value is -2.25. The van der Waals surface area contributed by atoms with E-state index in [4.69, 9.17) is 4.74 Å². The highest BCUT2D eigenvalue weighted by Gasteiger charge is 2.42. The van der Waals surface area contributed by atoms with Crippen molar-refractivity contribution in [1.29, 1.82) is 0 Å². The van der Waals surface area contributed by atoms with E-state index in [1.54, 1.807) is 0 Å². The molecule has 29 heavy (non-hydrogen) atoms. The molecule has 0 aromatic heterocycles. The highest BCUT2D eigenvalue weighted by molar-refractivity contribution is 5.92. The molecule has 1 fully saturated rings. The van der Waals surface area contributed by atoms with Crippen LogP contribution < -0.4 is 4.74 Å². The largest absolute Gasteiger partial charge is 0.490 e. The Balaban J connectivity index is 0.00000145. The van der Waals surface area contributed by atoms with Crippen LogP contribution in [0.25, 0.3) is 10.8 Å². The molecule has 8 heteroatoms. The zero-order valence-corrected chi connectivity index (χ0v) is 16.0. The Morgan fingerprint density at radius 3 is 2.03 bits per heavy atom. The monoisotopic (exact) mass is 420 g/mol. The molecule has 0 saturated heterocycles. The van der Waals surface area contributed by atoms with E-state index in [9.17, 15) is 31.1 Å². The van der Waals surface area contributed by atoms with Gasteiger partial charge in [0.05, 0.1) is 12.0 Å². The molecule has 1 aliphatic rings. The van der Waals surface area contributed by atoms with E-state index in [1.165, 1.54) is 24.3 Å². The first kappa shape index (κ1) is 23.0. The number of ether oxygens (including phenoxy) is 1. The van der Waals surface area contributed by atoms with Crippen molar-refractivity contribution in [1.82, 2.24) is 0 Å². The van der Waals surface area contributed by atoms with E-state index in [1.807, 2.05) is 13.8 Å². The first-order valence-corrected chi connectivity index (χ1v) is 9.42. The quantitative estimate of drug-likeness (QED) is 0.388. The standard InChI is InChI=1S/C19H16F6O2.C2H6/c20-18(21,22)13-4-6-14(7-5-13)27-16-8-3-12-2-1-11(10-26)9-15(12)17(16)19(23,24)25;1-2/h1-3,8-10,13-14H,4-7H2;1-2H3. The molecule has 0 amide bonds. The van der Waals surface area contributed by atoms with Crippen molar-refractivity contribution in [3.63, 3.8) is 0 Å². The van der Waals surface area contributed by atoms with Gasteiger partial charge in [-0.15, -0.1) is 0 Å². The van der Waals surface area contributed by atoms with Crippen LogP contribution in [0.2, 0.25) is 0 Å². The topological polar surface area (TPSA) is 26.3 Å². The molecule has 0 N–H and O–H groups in total. The molecular formula is C21H22F6O2. The lowest BCUT2D eigenvalue weighted by molar-refractivity contribution is -0.185. The molecule has 3 rings (SSSR count). The van der Waals surface area contributed by atoms with Gasteiger partial charge in [0.2, 0.25) is 0 Å². The Kier molecular flexibility index (Phi) is 7.19. The van der Waals surface area contributed by atoms with Crippen LogP contribution in [-0.2, 0) is 6.18 Å². The summed E-state index contributed by atoms with van der Waals surface area (Å²) in [4.78, 5) is 10.9. The molecular weight excluding hydrogens is 398 g/mol. The number of fused-ring (bicyclic) bond motifs is 1. The van der Waals surface area contributed by atoms with E-state index in [2.05, 4.69) is 0 Å². The summed E-state index contributed by atoms with van der Waals surface area (Å²) in [6, 6.07) is 6.58. The fraction of sp³-hybridized carbons (Fsp3) is 0.476. The van der Waals surface area contributed by atoms with Crippen LogP contribution in [0.5, 0.6) is 5.75 Å². The summed E-state index contributed by atoms with van der Waals surface area (Å²) in [7, 11) is 0. The van der Waals surface area contributed by atoms with E-state index in [0.29, 0.717) is 11.7 Å². The lowest BCUT2D eigenvalue weighted by atomic mass is 9.87. The molecule has 160 valence electrons. The van der Waals surface area contributed by atoms with Crippen LogP contribution in [0, 0.1) is 5.92 Å². The van der Waals surface area contributed by atoms with Crippen LogP contribution in [-0.4, -0.2) is 18.6 Å². The summed E-state index contributed by atoms with van der Waals surface area (Å²) in [6.07, 6.45) is -9.56. The van der Waals surface area contributed by atoms with E-state index < -0.39 is 35.7 Å². The minimum atomic E-state index is -4.74. The predicted molar refractivity (Wildman–Crippen MR) is 98.1 cm³/mol. The number of halogens is 6. The average molecular weight is 420 g/mol. The van der Waals surface area contributed by atoms with Crippen molar-refractivity contribution >= 4 is 17.1 Å². The van der Waals surface area contributed by atoms with Gasteiger partial charge in [0.1, 0.15) is 17.6 Å². The molecule has 1 saturated carbocycles. The zero-order valence-electron chi connectivity index (χ0n) is 16.0. The van der Waals surface area contributed by atoms with Crippen molar-refractivity contribution in [2.75, 3.05) is 0 Å². The van der Waals surface area contributed by atoms with Crippen molar-refractivity contribution in [3.05, 3.63) is 41.5 Å². The molecule has 0 unspecified atom stereocenters. The molecule has 2 aromatic rings. The summed E-state index contributed by atoms with van der Waals surface area (Å²) in [5, 5.41) is 0.120. The number of carbonyl (C=O) groups is 1. The van der Waals surface area contributed by atoms with Crippen LogP contribution in [0.1, 0.15) is 55.5 Å². The van der Waals surface area contributed by atoms with Gasteiger partial charge in [0.15, 0.2) is 0 Å². The number of benzene rings is 2. The second kappa shape index (κ2) is 9.05. The fourth-order valence-electron chi connectivity index (χ4n) is 3.47. The van der Waals surface area contributed by atoms with Gasteiger partial charge in [-0.25, -0.2) is 0 Å². The zero-order chi connectivity index (χ0) is 21.8. The summed E-state index contributed by atoms with van der Waals surface area (Å²) in [5.74, 6) is -1.86. The molecule has 0 radical (unpaired) electrons. The van der Waals surface area contributed by atoms with E-state index in [0.717, 1.165) is 6.07 Å². The molecule has 0 atom stereocenters. The minimum absolute atomic E-state index is 0.0356. The lowest BCUT2D eigenvalue weighted by Crippen LogP contribution is -2.32. The smallest absolute Gasteiger partial charge is 0.420 e. The first-order valence-electron chi connectivity index (χ1n) is 9.42. The number of alkyl halides is 6. The molecule has 0 heterocycles. The average Bonchev–Trinajstić information content (AvgIpc) is 2.67. The van der Waals surface area contributed by atoms with Gasteiger partial charge in [0, 0.05) is 5.56 Å². The van der Waals surface area contributed by atoms with Gasteiger partial charge in [0.25, 0.3) is 0 Å². The highest BCUT2D eigenvalue weighted by Crippen LogP contribution is 2.44. The Morgan fingerprint density at radius 2 is 1.52 bits per heavy atom. The Labute approximate surface area is 164 Å². The Bertz CT molecular complexity index is 833. The van der Waals surface area contributed by atoms with Gasteiger partial charge in [-0.05, 0) is 48.6 Å². The number of hydrogen-bond donors (Lipinski definition) is 0. The van der Waals surface area contributed by atoms with Crippen molar-refractivity contribution in [3.8, 4) is 5.75 Å². The van der Waals surface area contributed by atoms with Crippen molar-refractivity contribution < 1.29 is 35.9 Å². The summed E-state index contributed by atoms with van der Waals surface area (Å²) in [5.41, 5.74) is -0.919. The maximum Gasteiger partial charge on any atom is 0.420 e. The third-order valence-corrected chi connectivity index (χ3v) is 4.86. The molecule has 2 nitrogen and oxygen atoms in total. The highest BCUT2D eigenvalue weighted by atomic mass is 19.4. The number of aldehydes is 1. The SMILES string of the molecule is CC.O=Cc1ccc2ccc(OC3CCC(C(F)(F)F)CC3)c(C(F)(F)F)c2c1. The summed E-state index contributed by atoms with van der Waals surface area (Å²) < 4.78 is 84.7. The van der Waals surface area contributed by atoms with Gasteiger partial charge in [-0.3, -0.25) is 4.79 Å². The minimum Gasteiger partial charge on any atom is -0.490 e. The van der Waals surface area contributed by atoms with Gasteiger partial charge in [-0.1, -0.05) is 32.0 Å². The van der Waals surface area contributed by atoms with Gasteiger partial charge >= 0.3 is 12.4 Å². The van der Waals surface area contributed by atoms with Crippen LogP contribution in [0.15, 0.2) is 30.3 Å². The fourth-order valence-corrected chi connectivity index (χ4v) is 3.47. The second-order valence-electron chi connectivity index (χ2n) is 6.67. The van der Waals surface area contributed by atoms with Crippen LogP contribution >= 0.6 is 0 Å². The number of hydrogen-bond acceptors (Lipinski definition) is 2. The number of rotatable bonds is 3. The maximum absolute atomic E-state index is 13.7. The van der Waals surface area contributed by atoms with E-state index in [-0.39, 0.29) is 36.6 Å². The third kappa shape index (κ3) is 5.42. The van der Waals surface area contributed by atoms with Gasteiger partial charge < -0.3 is 4.74 Å². The number of carbonyl (C=O) groups excluding carboxylic acids is 1. The molecule has 0 aliphatic heterocycles. The van der Waals surface area contributed by atoms with Gasteiger partial charge in [-0.2, -0.15) is 26.3 Å². The summed E-state index contributed by atoms with van der Waals surface area (Å²) >= 11 is 0. The van der Waals surface area contributed by atoms with Crippen molar-refractivity contribution in [2.45, 2.75) is 58.0 Å². The lowest BCUT2D eigenvalue weighted by Gasteiger charge is -2.31. The van der Waals surface area contributed by atoms with Crippen LogP contribution in [0.4, 0.5) is 26.3 Å². The molecule has 0 bridgehead atoms. The second-order valence-corrected chi connectivity index (χ2v) is 6.67. The van der Waals surface area contributed by atoms with Crippen LogP contribution in [0.3, 0.4) is 0 Å². The van der Waals surface area contributed by atoms with Crippen molar-refractivity contribution in [2.24, 2.45) is 5.92 Å². The summed E-state index contributed by atoms with van der Waals surface area (Å²) in [6.45, 7) is 4.00. The molecule has 2 aromatic carbocycles. The molecule has 1 aliphatic carbocycles. The first-order chi connectivity index (χ1) is 13.6. The predicted octanol–water partition coefficient (Wildman–Crippen LogP) is 7.20. The molecule has 0 spiro atoms. The maximum atomic E-state index is 13.7. The third-order valence-electron chi connectivity index (χ3n) is 4.86. The van der Waals surface area contributed by atoms with E-state index >= 15 is 0 Å². The normalized spacial score (nSPS) is 20.0. The Morgan fingerprint density at radius 1 is 0.931 bits per heavy atom.